The van der Waals surface area contributed by atoms with E-state index in [9.17, 15) is 34.2 Å². The number of aromatic nitrogens is 1. The maximum atomic E-state index is 14.2. The van der Waals surface area contributed by atoms with Gasteiger partial charge in [-0.25, -0.2) is 0 Å². The molecule has 6 aliphatic rings. The van der Waals surface area contributed by atoms with Gasteiger partial charge in [0.15, 0.2) is 5.78 Å². The minimum absolute atomic E-state index is 0.00276. The summed E-state index contributed by atoms with van der Waals surface area (Å²) in [5.74, 6) is -1.91. The predicted octanol–water partition coefficient (Wildman–Crippen LogP) is 8.01. The van der Waals surface area contributed by atoms with E-state index in [1.807, 2.05) is 20.8 Å². The first-order valence-corrected chi connectivity index (χ1v) is 23.1. The second kappa shape index (κ2) is 15.0. The summed E-state index contributed by atoms with van der Waals surface area (Å²) >= 11 is 0. The van der Waals surface area contributed by atoms with Crippen molar-refractivity contribution >= 4 is 29.5 Å². The van der Waals surface area contributed by atoms with Crippen molar-refractivity contribution < 1.29 is 38.9 Å². The Balaban J connectivity index is 1.10. The third-order valence-electron chi connectivity index (χ3n) is 18.8. The van der Waals surface area contributed by atoms with Crippen LogP contribution in [-0.4, -0.2) is 69.0 Å². The number of ether oxygens (including phenoxy) is 1. The van der Waals surface area contributed by atoms with Crippen LogP contribution in [0.5, 0.6) is 0 Å². The molecule has 2 amide bonds. The fourth-order valence-electron chi connectivity index (χ4n) is 14.9. The molecule has 61 heavy (non-hydrogen) atoms. The number of carboxylic acid groups (broad SMARTS) is 1. The number of esters is 1. The number of ketones is 1. The number of carbonyl (C=O) groups is 5. The number of aryl methyl sites for hydroxylation is 1. The highest BCUT2D eigenvalue weighted by atomic mass is 16.5. The number of amides is 2. The molecule has 0 aromatic carbocycles. The Morgan fingerprint density at radius 3 is 2.18 bits per heavy atom. The Hall–Kier alpha value is -3.60. The zero-order chi connectivity index (χ0) is 45.0. The van der Waals surface area contributed by atoms with Crippen LogP contribution < -0.4 is 10.6 Å². The molecule has 11 heteroatoms. The maximum Gasteiger partial charge on any atom is 0.309 e. The van der Waals surface area contributed by atoms with Crippen LogP contribution in [0.15, 0.2) is 29.5 Å². The van der Waals surface area contributed by atoms with Crippen molar-refractivity contribution in [1.29, 1.82) is 0 Å². The monoisotopic (exact) mass is 844 g/mol. The normalized spacial score (nSPS) is 37.9. The van der Waals surface area contributed by atoms with E-state index < -0.39 is 52.1 Å². The molecule has 5 saturated carbocycles. The molecule has 336 valence electrons. The third kappa shape index (κ3) is 6.82. The van der Waals surface area contributed by atoms with Crippen molar-refractivity contribution in [3.05, 3.63) is 40.7 Å². The molecule has 0 spiro atoms. The molecule has 0 unspecified atom stereocenters. The van der Waals surface area contributed by atoms with Crippen LogP contribution in [0.2, 0.25) is 0 Å². The molecule has 7 rings (SSSR count). The first-order chi connectivity index (χ1) is 28.2. The van der Waals surface area contributed by atoms with Crippen molar-refractivity contribution in [3.63, 3.8) is 0 Å². The van der Waals surface area contributed by atoms with Crippen LogP contribution in [-0.2, 0) is 23.9 Å². The van der Waals surface area contributed by atoms with Crippen LogP contribution in [0.4, 0.5) is 0 Å². The van der Waals surface area contributed by atoms with Gasteiger partial charge in [0.25, 0.3) is 5.91 Å². The zero-order valence-electron chi connectivity index (χ0n) is 38.9. The van der Waals surface area contributed by atoms with Gasteiger partial charge in [0.05, 0.1) is 23.5 Å². The van der Waals surface area contributed by atoms with E-state index >= 15 is 0 Å². The molecule has 11 nitrogen and oxygen atoms in total. The average molecular weight is 844 g/mol. The van der Waals surface area contributed by atoms with Gasteiger partial charge < -0.3 is 25.6 Å². The van der Waals surface area contributed by atoms with E-state index in [1.165, 1.54) is 6.20 Å². The topological polar surface area (TPSA) is 172 Å². The lowest BCUT2D eigenvalue weighted by Gasteiger charge is -2.72. The number of hydrogen-bond acceptors (Lipinski definition) is 8. The molecule has 4 N–H and O–H groups in total. The molecular formula is C50H73N3O8. The Morgan fingerprint density at radius 1 is 0.885 bits per heavy atom. The Morgan fingerprint density at radius 2 is 1.57 bits per heavy atom. The maximum absolute atomic E-state index is 14.2. The summed E-state index contributed by atoms with van der Waals surface area (Å²) in [5.41, 5.74) is 0.0382. The number of nitrogens with zero attached hydrogens (tertiary/aromatic N) is 1. The van der Waals surface area contributed by atoms with E-state index in [2.05, 4.69) is 64.1 Å². The summed E-state index contributed by atoms with van der Waals surface area (Å²) in [6.45, 7) is 25.1. The Kier molecular flexibility index (Phi) is 11.2. The minimum atomic E-state index is -1.27. The summed E-state index contributed by atoms with van der Waals surface area (Å²) in [6, 6.07) is 3.42. The van der Waals surface area contributed by atoms with Gasteiger partial charge in [0.2, 0.25) is 5.91 Å². The lowest BCUT2D eigenvalue weighted by Crippen LogP contribution is -2.66. The number of carboxylic acids is 1. The van der Waals surface area contributed by atoms with Gasteiger partial charge in [-0.1, -0.05) is 67.9 Å². The van der Waals surface area contributed by atoms with Crippen LogP contribution >= 0.6 is 0 Å². The smallest absolute Gasteiger partial charge is 0.309 e. The molecule has 0 radical (unpaired) electrons. The van der Waals surface area contributed by atoms with E-state index in [0.717, 1.165) is 61.8 Å². The molecule has 6 aliphatic carbocycles. The highest BCUT2D eigenvalue weighted by Crippen LogP contribution is 2.77. The summed E-state index contributed by atoms with van der Waals surface area (Å²) in [4.78, 5) is 70.6. The number of carbonyl (C=O) groups excluding carboxylic acids is 4. The van der Waals surface area contributed by atoms with Crippen molar-refractivity contribution in [2.24, 2.45) is 68.0 Å². The molecule has 5 fully saturated rings. The Bertz CT molecular complexity index is 2020. The Labute approximate surface area is 363 Å². The number of fused-ring (bicyclic) bond motifs is 7. The van der Waals surface area contributed by atoms with Gasteiger partial charge in [-0.15, -0.1) is 0 Å². The quantitative estimate of drug-likeness (QED) is 0.170. The van der Waals surface area contributed by atoms with E-state index in [4.69, 9.17) is 4.74 Å². The average Bonchev–Trinajstić information content (AvgIpc) is 3.47. The van der Waals surface area contributed by atoms with Crippen LogP contribution in [0.1, 0.15) is 156 Å². The number of allylic oxidation sites excluding steroid dienone is 1. The van der Waals surface area contributed by atoms with Gasteiger partial charge in [0, 0.05) is 35.7 Å². The molecule has 0 aliphatic heterocycles. The summed E-state index contributed by atoms with van der Waals surface area (Å²) in [5, 5.41) is 27.8. The molecule has 1 aromatic rings. The number of Topliss-reactive ketones (excluding diaryl/α,β-unsaturated/α-hetero) is 1. The first kappa shape index (κ1) is 45.4. The minimum Gasteiger partial charge on any atom is -0.481 e. The third-order valence-corrected chi connectivity index (χ3v) is 18.8. The fraction of sp³-hybridized carbons (Fsp3) is 0.760. The van der Waals surface area contributed by atoms with Gasteiger partial charge in [-0.2, -0.15) is 0 Å². The van der Waals surface area contributed by atoms with Crippen molar-refractivity contribution in [2.45, 2.75) is 165 Å². The molecule has 0 saturated heterocycles. The largest absolute Gasteiger partial charge is 0.481 e. The summed E-state index contributed by atoms with van der Waals surface area (Å²) in [7, 11) is 0. The predicted molar refractivity (Wildman–Crippen MR) is 232 cm³/mol. The second-order valence-corrected chi connectivity index (χ2v) is 23.1. The van der Waals surface area contributed by atoms with Crippen molar-refractivity contribution in [3.8, 4) is 0 Å². The van der Waals surface area contributed by atoms with Crippen LogP contribution in [0.3, 0.4) is 0 Å². The highest BCUT2D eigenvalue weighted by molar-refractivity contribution is 6.01. The van der Waals surface area contributed by atoms with Gasteiger partial charge >= 0.3 is 11.9 Å². The molecule has 1 heterocycles. The molecule has 11 atom stereocenters. The first-order valence-electron chi connectivity index (χ1n) is 23.1. The van der Waals surface area contributed by atoms with Gasteiger partial charge in [-0.3, -0.25) is 29.0 Å². The number of hydrogen-bond donors (Lipinski definition) is 4. The van der Waals surface area contributed by atoms with E-state index in [1.54, 1.807) is 26.0 Å². The summed E-state index contributed by atoms with van der Waals surface area (Å²) in [6.07, 6.45) is 8.03. The number of aliphatic hydroxyl groups excluding tert-OH is 1. The lowest BCUT2D eigenvalue weighted by atomic mass is 9.33. The standard InChI is InChI=1S/C50H73N3O8/c1-27(2)38-33(54)24-50(36(55)26-52-43(60)46(8,9)53-40(56)29-14-13-28(3)51-25-29)22-21-48(11)30(39(38)50)15-16-35-47(10)19-18-37(45(6,7)34(47)17-20-49(35,48)12)61-42(59)32-23-31(41(57)58)44(32,4)5/h13-14,25,27,30-32,34-37,55H,15-24,26H2,1-12H3,(H,52,60)(H,53,56)(H,57,58)/t30-,31+,32-,34+,35-,36+,37+,47+,48-,49-,50+/m1/s1. The number of rotatable bonds is 10. The lowest BCUT2D eigenvalue weighted by molar-refractivity contribution is -0.238. The van der Waals surface area contributed by atoms with Crippen LogP contribution in [0.25, 0.3) is 0 Å². The molecular weight excluding hydrogens is 771 g/mol. The van der Waals surface area contributed by atoms with E-state index in [-0.39, 0.29) is 64.3 Å². The SMILES string of the molecule is Cc1ccc(C(=O)NC(C)(C)C(=O)NC[C@H](O)[C@@]23CC[C@]4(C)[C@H](CC[C@@H]5[C@@]6(C)CC[C@H](OC(=O)[C@H]7C[C@@H](C(=O)O)C7(C)C)C(C)(C)[C@@H]6CC[C@]54C)C2=C(C(C)C)C(=O)C3)cn1. The highest BCUT2D eigenvalue weighted by Gasteiger charge is 2.71. The van der Waals surface area contributed by atoms with Gasteiger partial charge in [0.1, 0.15) is 11.6 Å². The van der Waals surface area contributed by atoms with Crippen molar-refractivity contribution in [1.82, 2.24) is 15.6 Å². The zero-order valence-corrected chi connectivity index (χ0v) is 38.9. The number of aliphatic hydroxyl groups is 1. The fourth-order valence-corrected chi connectivity index (χ4v) is 14.9. The van der Waals surface area contributed by atoms with Crippen molar-refractivity contribution in [2.75, 3.05) is 6.54 Å². The summed E-state index contributed by atoms with van der Waals surface area (Å²) < 4.78 is 6.41. The van der Waals surface area contributed by atoms with Gasteiger partial charge in [-0.05, 0) is 142 Å². The molecule has 0 bridgehead atoms. The second-order valence-electron chi connectivity index (χ2n) is 23.1. The van der Waals surface area contributed by atoms with E-state index in [0.29, 0.717) is 30.2 Å². The number of nitrogens with one attached hydrogen (secondary N) is 2. The van der Waals surface area contributed by atoms with Crippen LogP contribution in [0, 0.1) is 74.9 Å². The molecule has 1 aromatic heterocycles. The number of pyridine rings is 1. The number of aliphatic carboxylic acids is 1.